The van der Waals surface area contributed by atoms with E-state index in [4.69, 9.17) is 9.47 Å². The molecule has 0 aromatic heterocycles. The number of nitrogens with one attached hydrogen (secondary N) is 1. The van der Waals surface area contributed by atoms with E-state index in [1.807, 2.05) is 25.2 Å². The maximum atomic E-state index is 12.6. The summed E-state index contributed by atoms with van der Waals surface area (Å²) < 4.78 is 23.4. The summed E-state index contributed by atoms with van der Waals surface area (Å²) in [5, 5.41) is 3.67. The van der Waals surface area contributed by atoms with E-state index in [1.165, 1.54) is 19.3 Å². The molecule has 5 heteroatoms. The number of rotatable bonds is 5. The highest BCUT2D eigenvalue weighted by atomic mass is 32.2. The zero-order chi connectivity index (χ0) is 14.7. The van der Waals surface area contributed by atoms with Crippen molar-refractivity contribution in [2.75, 3.05) is 19.6 Å². The largest absolute Gasteiger partial charge is 0.454 e. The Balaban J connectivity index is 1.68. The van der Waals surface area contributed by atoms with Gasteiger partial charge in [-0.15, -0.1) is 0 Å². The van der Waals surface area contributed by atoms with Gasteiger partial charge in [-0.05, 0) is 37.6 Å². The Morgan fingerprint density at radius 1 is 1.24 bits per heavy atom. The fourth-order valence-corrected chi connectivity index (χ4v) is 4.92. The lowest BCUT2D eigenvalue weighted by atomic mass is 10.0. The summed E-state index contributed by atoms with van der Waals surface area (Å²) in [5.41, 5.74) is 1.12. The van der Waals surface area contributed by atoms with Crippen molar-refractivity contribution < 1.29 is 13.7 Å². The molecular weight excluding hydrogens is 286 g/mol. The molecule has 0 amide bonds. The average molecular weight is 309 g/mol. The van der Waals surface area contributed by atoms with Crippen LogP contribution in [0.25, 0.3) is 0 Å². The quantitative estimate of drug-likeness (QED) is 0.908. The Bertz CT molecular complexity index is 514. The minimum absolute atomic E-state index is 0.0993. The first-order valence-electron chi connectivity index (χ1n) is 7.72. The molecule has 4 nitrogen and oxygen atoms in total. The molecule has 0 bridgehead atoms. The summed E-state index contributed by atoms with van der Waals surface area (Å²) in [6, 6.07) is 6.07. The van der Waals surface area contributed by atoms with Gasteiger partial charge in [0, 0.05) is 27.8 Å². The second-order valence-electron chi connectivity index (χ2n) is 5.76. The van der Waals surface area contributed by atoms with Crippen LogP contribution in [-0.4, -0.2) is 29.1 Å². The van der Waals surface area contributed by atoms with Gasteiger partial charge in [0.15, 0.2) is 11.5 Å². The number of ether oxygens (including phenoxy) is 2. The summed E-state index contributed by atoms with van der Waals surface area (Å²) in [4.78, 5) is 0. The highest BCUT2D eigenvalue weighted by molar-refractivity contribution is 7.85. The van der Waals surface area contributed by atoms with E-state index in [2.05, 4.69) is 5.32 Å². The molecule has 1 aliphatic heterocycles. The summed E-state index contributed by atoms with van der Waals surface area (Å²) >= 11 is 0. The summed E-state index contributed by atoms with van der Waals surface area (Å²) in [5.74, 6) is 2.25. The lowest BCUT2D eigenvalue weighted by molar-refractivity contribution is 0.174. The van der Waals surface area contributed by atoms with Crippen molar-refractivity contribution in [1.82, 2.24) is 5.32 Å². The van der Waals surface area contributed by atoms with Gasteiger partial charge in [-0.25, -0.2) is 0 Å². The molecule has 2 unspecified atom stereocenters. The Morgan fingerprint density at radius 3 is 2.76 bits per heavy atom. The zero-order valence-corrected chi connectivity index (χ0v) is 13.3. The first kappa shape index (κ1) is 14.9. The van der Waals surface area contributed by atoms with Gasteiger partial charge >= 0.3 is 0 Å². The lowest BCUT2D eigenvalue weighted by Gasteiger charge is -2.24. The Kier molecular flexibility index (Phi) is 4.80. The smallest absolute Gasteiger partial charge is 0.231 e. The molecule has 1 aliphatic carbocycles. The van der Waals surface area contributed by atoms with Crippen LogP contribution in [0.3, 0.4) is 0 Å². The second kappa shape index (κ2) is 6.79. The summed E-state index contributed by atoms with van der Waals surface area (Å²) in [6.07, 6.45) is 5.98. The SMILES string of the molecule is CNC(CS(=O)C1CCCCC1)c1ccc2c(c1)OCO2. The first-order chi connectivity index (χ1) is 10.3. The molecule has 1 fully saturated rings. The molecule has 2 atom stereocenters. The Hall–Kier alpha value is -1.07. The summed E-state index contributed by atoms with van der Waals surface area (Å²) in [7, 11) is 1.15. The molecule has 1 heterocycles. The van der Waals surface area contributed by atoms with E-state index < -0.39 is 10.8 Å². The van der Waals surface area contributed by atoms with E-state index in [0.29, 0.717) is 11.0 Å². The van der Waals surface area contributed by atoms with Crippen LogP contribution in [0, 0.1) is 0 Å². The van der Waals surface area contributed by atoms with Crippen LogP contribution in [0.4, 0.5) is 0 Å². The van der Waals surface area contributed by atoms with Crippen molar-refractivity contribution in [2.24, 2.45) is 0 Å². The fraction of sp³-hybridized carbons (Fsp3) is 0.625. The van der Waals surface area contributed by atoms with Gasteiger partial charge in [-0.2, -0.15) is 0 Å². The van der Waals surface area contributed by atoms with Crippen molar-refractivity contribution in [3.8, 4) is 11.5 Å². The van der Waals surface area contributed by atoms with Crippen molar-refractivity contribution in [2.45, 2.75) is 43.4 Å². The van der Waals surface area contributed by atoms with Gasteiger partial charge in [0.05, 0.1) is 0 Å². The van der Waals surface area contributed by atoms with E-state index in [0.717, 1.165) is 29.9 Å². The minimum Gasteiger partial charge on any atom is -0.454 e. The molecule has 2 aliphatic rings. The number of fused-ring (bicyclic) bond motifs is 1. The molecule has 21 heavy (non-hydrogen) atoms. The molecule has 1 aromatic carbocycles. The molecule has 3 rings (SSSR count). The molecule has 0 spiro atoms. The predicted molar refractivity (Wildman–Crippen MR) is 84.2 cm³/mol. The molecule has 116 valence electrons. The van der Waals surface area contributed by atoms with Crippen LogP contribution < -0.4 is 14.8 Å². The van der Waals surface area contributed by atoms with Gasteiger partial charge in [0.25, 0.3) is 0 Å². The monoisotopic (exact) mass is 309 g/mol. The van der Waals surface area contributed by atoms with Gasteiger partial charge in [0.1, 0.15) is 0 Å². The highest BCUT2D eigenvalue weighted by Gasteiger charge is 2.24. The van der Waals surface area contributed by atoms with Crippen molar-refractivity contribution in [3.05, 3.63) is 23.8 Å². The maximum Gasteiger partial charge on any atom is 0.231 e. The number of benzene rings is 1. The molecule has 0 saturated heterocycles. The topological polar surface area (TPSA) is 47.6 Å². The Labute approximate surface area is 128 Å². The van der Waals surface area contributed by atoms with E-state index in [-0.39, 0.29) is 12.8 Å². The normalized spacial score (nSPS) is 21.2. The average Bonchev–Trinajstić information content (AvgIpc) is 3.00. The van der Waals surface area contributed by atoms with Crippen LogP contribution in [0.1, 0.15) is 43.7 Å². The minimum atomic E-state index is -0.770. The maximum absolute atomic E-state index is 12.6. The van der Waals surface area contributed by atoms with Crippen LogP contribution in [0.2, 0.25) is 0 Å². The van der Waals surface area contributed by atoms with Gasteiger partial charge < -0.3 is 14.8 Å². The highest BCUT2D eigenvalue weighted by Crippen LogP contribution is 2.34. The van der Waals surface area contributed by atoms with Crippen LogP contribution in [-0.2, 0) is 10.8 Å². The van der Waals surface area contributed by atoms with E-state index >= 15 is 0 Å². The van der Waals surface area contributed by atoms with Crippen LogP contribution in [0.5, 0.6) is 11.5 Å². The van der Waals surface area contributed by atoms with Crippen molar-refractivity contribution >= 4 is 10.8 Å². The third-order valence-corrected chi connectivity index (χ3v) is 6.28. The summed E-state index contributed by atoms with van der Waals surface area (Å²) in [6.45, 7) is 0.289. The molecule has 1 saturated carbocycles. The fourth-order valence-electron chi connectivity index (χ4n) is 3.10. The van der Waals surface area contributed by atoms with E-state index in [1.54, 1.807) is 0 Å². The number of hydrogen-bond acceptors (Lipinski definition) is 4. The molecule has 1 aromatic rings. The molecule has 1 N–H and O–H groups in total. The van der Waals surface area contributed by atoms with E-state index in [9.17, 15) is 4.21 Å². The Morgan fingerprint density at radius 2 is 2.00 bits per heavy atom. The zero-order valence-electron chi connectivity index (χ0n) is 12.5. The second-order valence-corrected chi connectivity index (χ2v) is 7.52. The standard InChI is InChI=1S/C16H23NO3S/c1-17-14(10-21(18)13-5-3-2-4-6-13)12-7-8-15-16(9-12)20-11-19-15/h7-9,13-14,17H,2-6,10-11H2,1H3. The molecular formula is C16H23NO3S. The first-order valence-corrected chi connectivity index (χ1v) is 9.10. The lowest BCUT2D eigenvalue weighted by Crippen LogP contribution is -2.28. The van der Waals surface area contributed by atoms with Crippen molar-refractivity contribution in [3.63, 3.8) is 0 Å². The predicted octanol–water partition coefficient (Wildman–Crippen LogP) is 2.76. The van der Waals surface area contributed by atoms with Crippen molar-refractivity contribution in [1.29, 1.82) is 0 Å². The third kappa shape index (κ3) is 3.40. The molecule has 0 radical (unpaired) electrons. The van der Waals surface area contributed by atoms with Crippen LogP contribution in [0.15, 0.2) is 18.2 Å². The number of hydrogen-bond donors (Lipinski definition) is 1. The van der Waals surface area contributed by atoms with Gasteiger partial charge in [-0.3, -0.25) is 4.21 Å². The van der Waals surface area contributed by atoms with Gasteiger partial charge in [0.2, 0.25) is 6.79 Å². The van der Waals surface area contributed by atoms with Gasteiger partial charge in [-0.1, -0.05) is 25.3 Å². The van der Waals surface area contributed by atoms with Crippen LogP contribution >= 0.6 is 0 Å². The third-order valence-electron chi connectivity index (χ3n) is 4.40.